The van der Waals surface area contributed by atoms with Crippen LogP contribution in [0.15, 0.2) is 0 Å². The molecular formula is C12H23N3O5S. The Hall–Kier alpha value is -0.740. The molecule has 0 aromatic carbocycles. The third-order valence-electron chi connectivity index (χ3n) is 4.30. The lowest BCUT2D eigenvalue weighted by Crippen LogP contribution is -2.52. The van der Waals surface area contributed by atoms with Crippen molar-refractivity contribution in [3.05, 3.63) is 0 Å². The highest BCUT2D eigenvalue weighted by molar-refractivity contribution is 7.86. The van der Waals surface area contributed by atoms with E-state index in [1.165, 1.54) is 22.8 Å². The summed E-state index contributed by atoms with van der Waals surface area (Å²) < 4.78 is 32.4. The minimum atomic E-state index is -3.62. The van der Waals surface area contributed by atoms with Gasteiger partial charge in [0.1, 0.15) is 0 Å². The molecule has 2 atom stereocenters. The Bertz CT molecular complexity index is 475. The van der Waals surface area contributed by atoms with E-state index < -0.39 is 22.4 Å². The SMILES string of the molecule is COC(=O)C1CCN(S(=O)(=O)N(C)[C@@H]2CNC[C@H]2O)CC1. The van der Waals surface area contributed by atoms with Gasteiger partial charge in [0, 0.05) is 33.2 Å². The number of nitrogens with zero attached hydrogens (tertiary/aromatic N) is 2. The first-order valence-electron chi connectivity index (χ1n) is 7.07. The van der Waals surface area contributed by atoms with Crippen molar-refractivity contribution in [1.29, 1.82) is 0 Å². The summed E-state index contributed by atoms with van der Waals surface area (Å²) in [7, 11) is -0.790. The number of hydrogen-bond acceptors (Lipinski definition) is 6. The lowest BCUT2D eigenvalue weighted by Gasteiger charge is -2.35. The van der Waals surface area contributed by atoms with E-state index in [9.17, 15) is 18.3 Å². The fourth-order valence-corrected chi connectivity index (χ4v) is 4.46. The number of carbonyl (C=O) groups excluding carboxylic acids is 1. The Kier molecular flexibility index (Phi) is 5.20. The largest absolute Gasteiger partial charge is 0.469 e. The Labute approximate surface area is 125 Å². The third-order valence-corrected chi connectivity index (χ3v) is 6.31. The fraction of sp³-hybridized carbons (Fsp3) is 0.917. The molecule has 2 aliphatic rings. The van der Waals surface area contributed by atoms with E-state index >= 15 is 0 Å². The highest BCUT2D eigenvalue weighted by atomic mass is 32.2. The van der Waals surface area contributed by atoms with Crippen molar-refractivity contribution in [1.82, 2.24) is 13.9 Å². The lowest BCUT2D eigenvalue weighted by atomic mass is 9.99. The predicted octanol–water partition coefficient (Wildman–Crippen LogP) is -1.62. The normalized spacial score (nSPS) is 29.0. The Morgan fingerprint density at radius 3 is 2.43 bits per heavy atom. The zero-order chi connectivity index (χ0) is 15.6. The number of hydrogen-bond donors (Lipinski definition) is 2. The number of carbonyl (C=O) groups is 1. The van der Waals surface area contributed by atoms with Crippen molar-refractivity contribution < 1.29 is 23.1 Å². The van der Waals surface area contributed by atoms with Crippen molar-refractivity contribution in [2.45, 2.75) is 25.0 Å². The van der Waals surface area contributed by atoms with Gasteiger partial charge in [0.25, 0.3) is 10.2 Å². The summed E-state index contributed by atoms with van der Waals surface area (Å²) in [5, 5.41) is 12.8. The van der Waals surface area contributed by atoms with Gasteiger partial charge in [-0.25, -0.2) is 0 Å². The van der Waals surface area contributed by atoms with Gasteiger partial charge in [-0.05, 0) is 12.8 Å². The minimum absolute atomic E-state index is 0.231. The molecule has 0 aliphatic carbocycles. The molecule has 0 unspecified atom stereocenters. The average molecular weight is 321 g/mol. The molecule has 2 fully saturated rings. The first kappa shape index (κ1) is 16.6. The molecule has 9 heteroatoms. The molecule has 8 nitrogen and oxygen atoms in total. The number of likely N-dealkylation sites (N-methyl/N-ethyl adjacent to an activating group) is 1. The maximum absolute atomic E-state index is 12.6. The van der Waals surface area contributed by atoms with Gasteiger partial charge in [-0.1, -0.05) is 0 Å². The molecule has 2 saturated heterocycles. The van der Waals surface area contributed by atoms with Crippen molar-refractivity contribution in [2.24, 2.45) is 5.92 Å². The highest BCUT2D eigenvalue weighted by Crippen LogP contribution is 2.23. The van der Waals surface area contributed by atoms with Gasteiger partial charge < -0.3 is 15.2 Å². The molecule has 0 spiro atoms. The summed E-state index contributed by atoms with van der Waals surface area (Å²) in [6.07, 6.45) is 0.230. The number of piperidine rings is 1. The van der Waals surface area contributed by atoms with Gasteiger partial charge in [-0.15, -0.1) is 0 Å². The summed E-state index contributed by atoms with van der Waals surface area (Å²) in [4.78, 5) is 11.5. The maximum Gasteiger partial charge on any atom is 0.308 e. The van der Waals surface area contributed by atoms with Crippen molar-refractivity contribution in [3.8, 4) is 0 Å². The summed E-state index contributed by atoms with van der Waals surface area (Å²) >= 11 is 0. The van der Waals surface area contributed by atoms with Crippen LogP contribution in [0, 0.1) is 5.92 Å². The van der Waals surface area contributed by atoms with Gasteiger partial charge in [-0.3, -0.25) is 4.79 Å². The monoisotopic (exact) mass is 321 g/mol. The summed E-state index contributed by atoms with van der Waals surface area (Å²) in [5.74, 6) is -0.513. The number of aliphatic hydroxyl groups excluding tert-OH is 1. The van der Waals surface area contributed by atoms with E-state index in [1.807, 2.05) is 0 Å². The summed E-state index contributed by atoms with van der Waals surface area (Å²) in [5.41, 5.74) is 0. The number of aliphatic hydroxyl groups is 1. The molecule has 0 bridgehead atoms. The Morgan fingerprint density at radius 2 is 1.95 bits per heavy atom. The third kappa shape index (κ3) is 3.37. The van der Waals surface area contributed by atoms with Gasteiger partial charge in [0.15, 0.2) is 0 Å². The molecule has 2 heterocycles. The van der Waals surface area contributed by atoms with E-state index in [0.717, 1.165) is 0 Å². The maximum atomic E-state index is 12.6. The zero-order valence-corrected chi connectivity index (χ0v) is 13.2. The molecule has 0 saturated carbocycles. The summed E-state index contributed by atoms with van der Waals surface area (Å²) in [6, 6.07) is -0.451. The standard InChI is InChI=1S/C12H23N3O5S/c1-14(10-7-13-8-11(10)16)21(18,19)15-5-3-9(4-6-15)12(17)20-2/h9-11,13,16H,3-8H2,1-2H3/t10-,11-/m1/s1. The van der Waals surface area contributed by atoms with Crippen molar-refractivity contribution in [3.63, 3.8) is 0 Å². The van der Waals surface area contributed by atoms with Crippen LogP contribution in [0.5, 0.6) is 0 Å². The minimum Gasteiger partial charge on any atom is -0.469 e. The number of methoxy groups -OCH3 is 1. The Morgan fingerprint density at radius 1 is 1.33 bits per heavy atom. The molecule has 0 radical (unpaired) electrons. The van der Waals surface area contributed by atoms with E-state index in [4.69, 9.17) is 4.74 Å². The second-order valence-electron chi connectivity index (χ2n) is 5.51. The molecule has 2 rings (SSSR count). The van der Waals surface area contributed by atoms with E-state index in [-0.39, 0.29) is 11.9 Å². The van der Waals surface area contributed by atoms with E-state index in [2.05, 4.69) is 5.32 Å². The predicted molar refractivity (Wildman–Crippen MR) is 75.7 cm³/mol. The quantitative estimate of drug-likeness (QED) is 0.604. The molecule has 0 amide bonds. The molecule has 122 valence electrons. The van der Waals surface area contributed by atoms with Crippen LogP contribution in [-0.2, 0) is 19.7 Å². The van der Waals surface area contributed by atoms with Crippen molar-refractivity contribution >= 4 is 16.2 Å². The molecular weight excluding hydrogens is 298 g/mol. The topological polar surface area (TPSA) is 99.2 Å². The number of β-amino-alcohol motifs (C(OH)–C–C–N with tert-alkyl or cyclic N) is 1. The molecule has 2 N–H and O–H groups in total. The molecule has 2 aliphatic heterocycles. The van der Waals surface area contributed by atoms with Crippen LogP contribution in [0.2, 0.25) is 0 Å². The lowest BCUT2D eigenvalue weighted by molar-refractivity contribution is -0.146. The van der Waals surface area contributed by atoms with Gasteiger partial charge in [0.05, 0.1) is 25.2 Å². The highest BCUT2D eigenvalue weighted by Gasteiger charge is 2.39. The smallest absolute Gasteiger partial charge is 0.308 e. The van der Waals surface area contributed by atoms with Crippen LogP contribution in [0.4, 0.5) is 0 Å². The molecule has 21 heavy (non-hydrogen) atoms. The number of ether oxygens (including phenoxy) is 1. The van der Waals surface area contributed by atoms with E-state index in [0.29, 0.717) is 39.0 Å². The molecule has 0 aromatic heterocycles. The fourth-order valence-electron chi connectivity index (χ4n) is 2.86. The van der Waals surface area contributed by atoms with Crippen LogP contribution >= 0.6 is 0 Å². The van der Waals surface area contributed by atoms with Crippen LogP contribution in [0.3, 0.4) is 0 Å². The Balaban J connectivity index is 1.99. The van der Waals surface area contributed by atoms with Crippen molar-refractivity contribution in [2.75, 3.05) is 40.3 Å². The van der Waals surface area contributed by atoms with Crippen LogP contribution in [0.25, 0.3) is 0 Å². The second kappa shape index (κ2) is 6.57. The zero-order valence-electron chi connectivity index (χ0n) is 12.4. The van der Waals surface area contributed by atoms with Crippen LogP contribution < -0.4 is 5.32 Å². The van der Waals surface area contributed by atoms with Crippen LogP contribution in [-0.4, -0.2) is 80.6 Å². The van der Waals surface area contributed by atoms with Gasteiger partial charge in [-0.2, -0.15) is 17.0 Å². The summed E-state index contributed by atoms with van der Waals surface area (Å²) in [6.45, 7) is 1.43. The van der Waals surface area contributed by atoms with Crippen LogP contribution in [0.1, 0.15) is 12.8 Å². The number of nitrogens with one attached hydrogen (secondary N) is 1. The van der Waals surface area contributed by atoms with Gasteiger partial charge in [0.2, 0.25) is 0 Å². The second-order valence-corrected chi connectivity index (χ2v) is 7.50. The molecule has 0 aromatic rings. The number of esters is 1. The van der Waals surface area contributed by atoms with Gasteiger partial charge >= 0.3 is 5.97 Å². The average Bonchev–Trinajstić information content (AvgIpc) is 2.91. The first-order valence-corrected chi connectivity index (χ1v) is 8.47. The van der Waals surface area contributed by atoms with E-state index in [1.54, 1.807) is 0 Å². The first-order chi connectivity index (χ1) is 9.87. The number of rotatable bonds is 4.